The van der Waals surface area contributed by atoms with Crippen LogP contribution in [0.3, 0.4) is 0 Å². The van der Waals surface area contributed by atoms with Crippen molar-refractivity contribution in [2.24, 2.45) is 0 Å². The third-order valence-electron chi connectivity index (χ3n) is 2.96. The summed E-state index contributed by atoms with van der Waals surface area (Å²) < 4.78 is 5.75. The quantitative estimate of drug-likeness (QED) is 0.769. The number of hydrogen-bond acceptors (Lipinski definition) is 2. The Morgan fingerprint density at radius 1 is 1.05 bits per heavy atom. The largest absolute Gasteiger partial charge is 0.489 e. The molecule has 19 heavy (non-hydrogen) atoms. The Hall–Kier alpha value is -2.73. The number of nitriles is 1. The lowest BCUT2D eigenvalue weighted by Gasteiger charge is -2.06. The van der Waals surface area contributed by atoms with E-state index in [9.17, 15) is 0 Å². The van der Waals surface area contributed by atoms with Gasteiger partial charge in [-0.05, 0) is 29.8 Å². The van der Waals surface area contributed by atoms with E-state index in [4.69, 9.17) is 10.00 Å². The van der Waals surface area contributed by atoms with Gasteiger partial charge in [-0.25, -0.2) is 0 Å². The molecule has 0 atom stereocenters. The molecule has 0 aliphatic carbocycles. The highest BCUT2D eigenvalue weighted by molar-refractivity contribution is 5.82. The van der Waals surface area contributed by atoms with Crippen LogP contribution in [0.5, 0.6) is 5.75 Å². The minimum Gasteiger partial charge on any atom is -0.489 e. The van der Waals surface area contributed by atoms with Crippen molar-refractivity contribution in [2.45, 2.75) is 6.61 Å². The Morgan fingerprint density at radius 3 is 2.68 bits per heavy atom. The number of aromatic amines is 1. The SMILES string of the molecule is N#Cc1cc2cc(OCc3ccccc3)ccc2[nH]1. The van der Waals surface area contributed by atoms with Gasteiger partial charge < -0.3 is 9.72 Å². The summed E-state index contributed by atoms with van der Waals surface area (Å²) in [6.07, 6.45) is 0. The molecule has 3 heteroatoms. The van der Waals surface area contributed by atoms with E-state index in [-0.39, 0.29) is 0 Å². The maximum atomic E-state index is 8.85. The normalized spacial score (nSPS) is 10.3. The van der Waals surface area contributed by atoms with Gasteiger partial charge in [0, 0.05) is 10.9 Å². The molecule has 3 aromatic rings. The highest BCUT2D eigenvalue weighted by atomic mass is 16.5. The third kappa shape index (κ3) is 2.43. The number of H-pyrrole nitrogens is 1. The number of aromatic nitrogens is 1. The number of benzene rings is 2. The topological polar surface area (TPSA) is 48.8 Å². The van der Waals surface area contributed by atoms with Crippen LogP contribution in [0.15, 0.2) is 54.6 Å². The minimum atomic E-state index is 0.544. The van der Waals surface area contributed by atoms with Gasteiger partial charge in [0.15, 0.2) is 0 Å². The highest BCUT2D eigenvalue weighted by Gasteiger charge is 2.02. The summed E-state index contributed by atoms with van der Waals surface area (Å²) in [5.41, 5.74) is 2.65. The lowest BCUT2D eigenvalue weighted by atomic mass is 10.2. The van der Waals surface area contributed by atoms with Gasteiger partial charge >= 0.3 is 0 Å². The average molecular weight is 248 g/mol. The third-order valence-corrected chi connectivity index (χ3v) is 2.96. The molecule has 0 amide bonds. The summed E-state index contributed by atoms with van der Waals surface area (Å²) in [5.74, 6) is 0.805. The summed E-state index contributed by atoms with van der Waals surface area (Å²) in [5, 5.41) is 9.84. The second-order valence-corrected chi connectivity index (χ2v) is 4.32. The van der Waals surface area contributed by atoms with Gasteiger partial charge in [0.1, 0.15) is 24.1 Å². The molecule has 0 radical (unpaired) electrons. The Bertz CT molecular complexity index is 738. The molecule has 92 valence electrons. The molecule has 1 aromatic heterocycles. The number of nitrogens with one attached hydrogen (secondary N) is 1. The zero-order valence-corrected chi connectivity index (χ0v) is 10.3. The first kappa shape index (κ1) is 11.4. The summed E-state index contributed by atoms with van der Waals surface area (Å²) in [7, 11) is 0. The van der Waals surface area contributed by atoms with Crippen molar-refractivity contribution in [3.05, 3.63) is 65.9 Å². The van der Waals surface area contributed by atoms with E-state index in [1.54, 1.807) is 0 Å². The second-order valence-electron chi connectivity index (χ2n) is 4.32. The number of hydrogen-bond donors (Lipinski definition) is 1. The van der Waals surface area contributed by atoms with Crippen LogP contribution in [-0.4, -0.2) is 4.98 Å². The molecule has 2 aromatic carbocycles. The monoisotopic (exact) mass is 248 g/mol. The van der Waals surface area contributed by atoms with Crippen LogP contribution in [0.1, 0.15) is 11.3 Å². The second kappa shape index (κ2) is 4.87. The molecule has 0 aliphatic heterocycles. The first-order valence-corrected chi connectivity index (χ1v) is 6.05. The lowest BCUT2D eigenvalue weighted by Crippen LogP contribution is -1.94. The summed E-state index contributed by atoms with van der Waals surface area (Å²) in [4.78, 5) is 3.03. The molecule has 3 rings (SSSR count). The van der Waals surface area contributed by atoms with Crippen LogP contribution in [0.4, 0.5) is 0 Å². The first-order valence-electron chi connectivity index (χ1n) is 6.05. The van der Waals surface area contributed by atoms with Crippen LogP contribution in [-0.2, 0) is 6.61 Å². The molecule has 0 aliphatic rings. The predicted octanol–water partition coefficient (Wildman–Crippen LogP) is 3.62. The molecule has 0 saturated carbocycles. The number of fused-ring (bicyclic) bond motifs is 1. The van der Waals surface area contributed by atoms with Gasteiger partial charge in [0.2, 0.25) is 0 Å². The molecule has 0 saturated heterocycles. The van der Waals surface area contributed by atoms with Crippen LogP contribution in [0.2, 0.25) is 0 Å². The van der Waals surface area contributed by atoms with Gasteiger partial charge in [-0.2, -0.15) is 5.26 Å². The Kier molecular flexibility index (Phi) is 2.91. The summed E-state index contributed by atoms with van der Waals surface area (Å²) in [6, 6.07) is 19.7. The van der Waals surface area contributed by atoms with Crippen molar-refractivity contribution in [2.75, 3.05) is 0 Å². The lowest BCUT2D eigenvalue weighted by molar-refractivity contribution is 0.306. The smallest absolute Gasteiger partial charge is 0.120 e. The van der Waals surface area contributed by atoms with Crippen LogP contribution in [0.25, 0.3) is 10.9 Å². The van der Waals surface area contributed by atoms with Gasteiger partial charge in [-0.3, -0.25) is 0 Å². The fourth-order valence-corrected chi connectivity index (χ4v) is 2.00. The maximum Gasteiger partial charge on any atom is 0.120 e. The molecule has 3 nitrogen and oxygen atoms in total. The van der Waals surface area contributed by atoms with Gasteiger partial charge in [-0.1, -0.05) is 30.3 Å². The van der Waals surface area contributed by atoms with Gasteiger partial charge in [0.05, 0.1) is 0 Å². The maximum absolute atomic E-state index is 8.85. The molecule has 0 fully saturated rings. The van der Waals surface area contributed by atoms with Crippen molar-refractivity contribution >= 4 is 10.9 Å². The van der Waals surface area contributed by atoms with Gasteiger partial charge in [-0.15, -0.1) is 0 Å². The standard InChI is InChI=1S/C16H12N2O/c17-10-14-8-13-9-15(6-7-16(13)18-14)19-11-12-4-2-1-3-5-12/h1-9,18H,11H2. The van der Waals surface area contributed by atoms with Crippen molar-refractivity contribution in [3.8, 4) is 11.8 Å². The van der Waals surface area contributed by atoms with Crippen LogP contribution in [0, 0.1) is 11.3 Å². The van der Waals surface area contributed by atoms with E-state index in [0.29, 0.717) is 12.3 Å². The Balaban J connectivity index is 1.80. The Labute approximate surface area is 111 Å². The van der Waals surface area contributed by atoms with Crippen molar-refractivity contribution in [1.29, 1.82) is 5.26 Å². The molecular formula is C16H12N2O. The number of rotatable bonds is 3. The molecule has 1 heterocycles. The highest BCUT2D eigenvalue weighted by Crippen LogP contribution is 2.22. The first-order chi connectivity index (χ1) is 9.35. The van der Waals surface area contributed by atoms with E-state index >= 15 is 0 Å². The fourth-order valence-electron chi connectivity index (χ4n) is 2.00. The average Bonchev–Trinajstić information content (AvgIpc) is 2.88. The van der Waals surface area contributed by atoms with Crippen molar-refractivity contribution < 1.29 is 4.74 Å². The van der Waals surface area contributed by atoms with Crippen LogP contribution >= 0.6 is 0 Å². The van der Waals surface area contributed by atoms with Gasteiger partial charge in [0.25, 0.3) is 0 Å². The van der Waals surface area contributed by atoms with E-state index in [2.05, 4.69) is 11.1 Å². The molecular weight excluding hydrogens is 236 g/mol. The van der Waals surface area contributed by atoms with Crippen LogP contribution < -0.4 is 4.74 Å². The van der Waals surface area contributed by atoms with E-state index in [0.717, 1.165) is 22.2 Å². The molecule has 1 N–H and O–H groups in total. The molecule has 0 bridgehead atoms. The van der Waals surface area contributed by atoms with E-state index < -0.39 is 0 Å². The molecule has 0 spiro atoms. The van der Waals surface area contributed by atoms with E-state index in [1.165, 1.54) is 0 Å². The zero-order valence-electron chi connectivity index (χ0n) is 10.3. The minimum absolute atomic E-state index is 0.544. The molecule has 0 unspecified atom stereocenters. The fraction of sp³-hybridized carbons (Fsp3) is 0.0625. The number of ether oxygens (including phenoxy) is 1. The van der Waals surface area contributed by atoms with Crippen molar-refractivity contribution in [1.82, 2.24) is 4.98 Å². The summed E-state index contributed by atoms with van der Waals surface area (Å²) >= 11 is 0. The van der Waals surface area contributed by atoms with E-state index in [1.807, 2.05) is 54.6 Å². The number of nitrogens with zero attached hydrogens (tertiary/aromatic N) is 1. The zero-order chi connectivity index (χ0) is 13.1. The summed E-state index contributed by atoms with van der Waals surface area (Å²) in [6.45, 7) is 0.544. The predicted molar refractivity (Wildman–Crippen MR) is 73.8 cm³/mol. The van der Waals surface area contributed by atoms with Crippen molar-refractivity contribution in [3.63, 3.8) is 0 Å². The Morgan fingerprint density at radius 2 is 1.89 bits per heavy atom.